The van der Waals surface area contributed by atoms with Crippen LogP contribution in [0.2, 0.25) is 0 Å². The summed E-state index contributed by atoms with van der Waals surface area (Å²) in [4.78, 5) is 4.94. The molecule has 1 aliphatic carbocycles. The molecule has 1 aromatic carbocycles. The smallest absolute Gasteiger partial charge is 0.191 e. The van der Waals surface area contributed by atoms with Crippen LogP contribution in [-0.4, -0.2) is 42.7 Å². The van der Waals surface area contributed by atoms with Gasteiger partial charge in [-0.3, -0.25) is 4.99 Å². The summed E-state index contributed by atoms with van der Waals surface area (Å²) < 4.78 is 6.02. The van der Waals surface area contributed by atoms with Crippen molar-refractivity contribution in [3.8, 4) is 0 Å². The van der Waals surface area contributed by atoms with Gasteiger partial charge in [-0.05, 0) is 43.9 Å². The lowest BCUT2D eigenvalue weighted by atomic mass is 9.95. The first-order valence-electron chi connectivity index (χ1n) is 10.6. The summed E-state index contributed by atoms with van der Waals surface area (Å²) in [7, 11) is 0. The van der Waals surface area contributed by atoms with Gasteiger partial charge in [0.1, 0.15) is 0 Å². The fourth-order valence-electron chi connectivity index (χ4n) is 4.22. The summed E-state index contributed by atoms with van der Waals surface area (Å²) in [5, 5.41) is 7.96. The molecule has 1 heterocycles. The predicted molar refractivity (Wildman–Crippen MR) is 132 cm³/mol. The van der Waals surface area contributed by atoms with Crippen LogP contribution >= 0.6 is 35.7 Å². The lowest BCUT2D eigenvalue weighted by Gasteiger charge is -2.30. The Balaban J connectivity index is 0.00000280. The van der Waals surface area contributed by atoms with Gasteiger partial charge in [-0.15, -0.1) is 24.0 Å². The van der Waals surface area contributed by atoms with E-state index in [0.29, 0.717) is 12.0 Å². The highest BCUT2D eigenvalue weighted by molar-refractivity contribution is 14.0. The normalized spacial score (nSPS) is 27.9. The number of aliphatic imine (C=N–C) groups is 1. The fourth-order valence-corrected chi connectivity index (χ4v) is 5.39. The Bertz CT molecular complexity index is 584. The van der Waals surface area contributed by atoms with Crippen molar-refractivity contribution in [1.29, 1.82) is 0 Å². The van der Waals surface area contributed by atoms with Gasteiger partial charge in [-0.25, -0.2) is 0 Å². The lowest BCUT2D eigenvalue weighted by Crippen LogP contribution is -2.46. The molecule has 28 heavy (non-hydrogen) atoms. The highest BCUT2D eigenvalue weighted by atomic mass is 127. The van der Waals surface area contributed by atoms with E-state index in [1.54, 1.807) is 0 Å². The van der Waals surface area contributed by atoms with Crippen molar-refractivity contribution in [2.24, 2.45) is 10.9 Å². The maximum Gasteiger partial charge on any atom is 0.191 e. The Morgan fingerprint density at radius 3 is 2.75 bits per heavy atom. The third kappa shape index (κ3) is 7.10. The average Bonchev–Trinajstić information content (AvgIpc) is 3.16. The number of ether oxygens (including phenoxy) is 1. The molecule has 6 heteroatoms. The van der Waals surface area contributed by atoms with Gasteiger partial charge in [0.15, 0.2) is 5.96 Å². The molecule has 0 aromatic heterocycles. The number of benzene rings is 1. The Morgan fingerprint density at radius 1 is 1.18 bits per heavy atom. The molecule has 4 nitrogen and oxygen atoms in total. The van der Waals surface area contributed by atoms with E-state index >= 15 is 0 Å². The van der Waals surface area contributed by atoms with E-state index in [1.807, 2.05) is 0 Å². The summed E-state index contributed by atoms with van der Waals surface area (Å²) in [5.41, 5.74) is 1.28. The molecule has 4 atom stereocenters. The number of hydrogen-bond donors (Lipinski definition) is 2. The second-order valence-corrected chi connectivity index (χ2v) is 9.13. The zero-order chi connectivity index (χ0) is 18.9. The highest BCUT2D eigenvalue weighted by Crippen LogP contribution is 2.34. The first-order chi connectivity index (χ1) is 13.3. The Morgan fingerprint density at radius 2 is 2.00 bits per heavy atom. The van der Waals surface area contributed by atoms with Crippen LogP contribution in [0.5, 0.6) is 0 Å². The molecule has 1 aromatic rings. The largest absolute Gasteiger partial charge is 0.373 e. The van der Waals surface area contributed by atoms with E-state index in [0.717, 1.165) is 37.3 Å². The van der Waals surface area contributed by atoms with Gasteiger partial charge in [0.2, 0.25) is 0 Å². The topological polar surface area (TPSA) is 45.7 Å². The molecule has 1 saturated carbocycles. The predicted octanol–water partition coefficient (Wildman–Crippen LogP) is 5.00. The minimum Gasteiger partial charge on any atom is -0.373 e. The van der Waals surface area contributed by atoms with Crippen molar-refractivity contribution in [2.45, 2.75) is 63.3 Å². The van der Waals surface area contributed by atoms with Crippen molar-refractivity contribution in [3.63, 3.8) is 0 Å². The summed E-state index contributed by atoms with van der Waals surface area (Å²) in [5.74, 6) is 2.65. The van der Waals surface area contributed by atoms with Crippen LogP contribution in [0.3, 0.4) is 0 Å². The Labute approximate surface area is 192 Å². The third-order valence-corrected chi connectivity index (χ3v) is 6.77. The van der Waals surface area contributed by atoms with Gasteiger partial charge < -0.3 is 15.4 Å². The molecule has 2 fully saturated rings. The van der Waals surface area contributed by atoms with Crippen molar-refractivity contribution >= 4 is 41.7 Å². The van der Waals surface area contributed by atoms with Crippen molar-refractivity contribution in [2.75, 3.05) is 25.4 Å². The maximum atomic E-state index is 6.02. The number of rotatable bonds is 7. The van der Waals surface area contributed by atoms with Crippen LogP contribution in [0, 0.1) is 5.92 Å². The molecule has 1 aliphatic heterocycles. The molecule has 0 spiro atoms. The van der Waals surface area contributed by atoms with Crippen molar-refractivity contribution in [1.82, 2.24) is 10.6 Å². The van der Waals surface area contributed by atoms with Gasteiger partial charge in [-0.2, -0.15) is 11.8 Å². The summed E-state index contributed by atoms with van der Waals surface area (Å²) in [6, 6.07) is 11.1. The third-order valence-electron chi connectivity index (χ3n) is 5.54. The maximum absolute atomic E-state index is 6.02. The number of nitrogens with one attached hydrogen (secondary N) is 2. The van der Waals surface area contributed by atoms with Gasteiger partial charge in [-0.1, -0.05) is 43.7 Å². The second kappa shape index (κ2) is 13.0. The number of guanidine groups is 1. The van der Waals surface area contributed by atoms with Crippen LogP contribution in [0.4, 0.5) is 0 Å². The standard InChI is InChI=1S/C22H35N3OS.HI/c1-3-23-22(25-19-11-8-12-20(15-19)27-4-2)24-16-18-13-14-26-21(18)17-9-6-5-7-10-17;/h5-7,9-10,18-21H,3-4,8,11-16H2,1-2H3,(H2,23,24,25);1H. The number of hydrogen-bond acceptors (Lipinski definition) is 3. The molecule has 0 radical (unpaired) electrons. The van der Waals surface area contributed by atoms with Crippen molar-refractivity contribution < 1.29 is 4.74 Å². The first kappa shape index (κ1) is 23.8. The molecule has 158 valence electrons. The molecule has 2 N–H and O–H groups in total. The van der Waals surface area contributed by atoms with Crippen LogP contribution in [0.1, 0.15) is 57.6 Å². The summed E-state index contributed by atoms with van der Waals surface area (Å²) >= 11 is 2.11. The van der Waals surface area contributed by atoms with E-state index in [4.69, 9.17) is 9.73 Å². The first-order valence-corrected chi connectivity index (χ1v) is 11.7. The second-order valence-electron chi connectivity index (χ2n) is 7.56. The van der Waals surface area contributed by atoms with E-state index in [2.05, 4.69) is 66.6 Å². The number of nitrogens with zero attached hydrogens (tertiary/aromatic N) is 1. The van der Waals surface area contributed by atoms with Crippen molar-refractivity contribution in [3.05, 3.63) is 35.9 Å². The molecule has 2 aliphatic rings. The molecule has 4 unspecified atom stereocenters. The van der Waals surface area contributed by atoms with Crippen LogP contribution < -0.4 is 10.6 Å². The van der Waals surface area contributed by atoms with Gasteiger partial charge in [0, 0.05) is 36.9 Å². The SMILES string of the molecule is CCNC(=NCC1CCOC1c1ccccc1)NC1CCCC(SCC)C1.I. The zero-order valence-electron chi connectivity index (χ0n) is 17.2. The summed E-state index contributed by atoms with van der Waals surface area (Å²) in [6.45, 7) is 6.95. The number of thioether (sulfide) groups is 1. The molecule has 0 bridgehead atoms. The average molecular weight is 518 g/mol. The van der Waals surface area contributed by atoms with E-state index in [1.165, 1.54) is 37.0 Å². The fraction of sp³-hybridized carbons (Fsp3) is 0.682. The van der Waals surface area contributed by atoms with Gasteiger partial charge in [0.05, 0.1) is 6.10 Å². The van der Waals surface area contributed by atoms with Gasteiger partial charge in [0.25, 0.3) is 0 Å². The monoisotopic (exact) mass is 517 g/mol. The minimum atomic E-state index is 0. The molecular formula is C22H36IN3OS. The Kier molecular flexibility index (Phi) is 11.0. The van der Waals surface area contributed by atoms with E-state index < -0.39 is 0 Å². The Hall–Kier alpha value is -0.470. The van der Waals surface area contributed by atoms with E-state index in [9.17, 15) is 0 Å². The lowest BCUT2D eigenvalue weighted by molar-refractivity contribution is 0.0925. The minimum absolute atomic E-state index is 0. The highest BCUT2D eigenvalue weighted by Gasteiger charge is 2.29. The van der Waals surface area contributed by atoms with Gasteiger partial charge >= 0.3 is 0 Å². The number of halogens is 1. The molecule has 3 rings (SSSR count). The molecule has 1 saturated heterocycles. The van der Waals surface area contributed by atoms with Crippen LogP contribution in [0.15, 0.2) is 35.3 Å². The molecular weight excluding hydrogens is 481 g/mol. The van der Waals surface area contributed by atoms with Crippen LogP contribution in [-0.2, 0) is 4.74 Å². The molecule has 0 amide bonds. The van der Waals surface area contributed by atoms with Crippen LogP contribution in [0.25, 0.3) is 0 Å². The zero-order valence-corrected chi connectivity index (χ0v) is 20.4. The summed E-state index contributed by atoms with van der Waals surface area (Å²) in [6.07, 6.45) is 6.45. The van der Waals surface area contributed by atoms with E-state index in [-0.39, 0.29) is 30.1 Å². The quantitative estimate of drug-likeness (QED) is 0.304.